The molecule has 7 heteroatoms. The van der Waals surface area contributed by atoms with Crippen molar-refractivity contribution in [2.24, 2.45) is 0 Å². The molecule has 0 unspecified atom stereocenters. The van der Waals surface area contributed by atoms with Crippen LogP contribution in [0.15, 0.2) is 47.4 Å². The number of thiol groups is 1. The van der Waals surface area contributed by atoms with E-state index in [0.29, 0.717) is 29.6 Å². The summed E-state index contributed by atoms with van der Waals surface area (Å²) in [5, 5.41) is 0. The van der Waals surface area contributed by atoms with Crippen LogP contribution < -0.4 is 0 Å². The van der Waals surface area contributed by atoms with Gasteiger partial charge >= 0.3 is 0 Å². The van der Waals surface area contributed by atoms with Gasteiger partial charge in [0.05, 0.1) is 11.1 Å². The van der Waals surface area contributed by atoms with Gasteiger partial charge in [0.25, 0.3) is 11.8 Å². The third kappa shape index (κ3) is 3.66. The van der Waals surface area contributed by atoms with Crippen molar-refractivity contribution in [3.63, 3.8) is 0 Å². The van der Waals surface area contributed by atoms with Gasteiger partial charge in [-0.05, 0) is 24.3 Å². The molecule has 0 spiro atoms. The topological polar surface area (TPSA) is 40.6 Å². The lowest BCUT2D eigenvalue weighted by Crippen LogP contribution is -2.50. The number of carbonyl (C=O) groups is 2. The molecule has 1 fully saturated rings. The average Bonchev–Trinajstić information content (AvgIpc) is 2.61. The second-order valence-corrected chi connectivity index (χ2v) is 6.21. The van der Waals surface area contributed by atoms with Crippen molar-refractivity contribution in [2.75, 3.05) is 26.2 Å². The Morgan fingerprint density at radius 1 is 0.840 bits per heavy atom. The van der Waals surface area contributed by atoms with Crippen LogP contribution in [0, 0.1) is 11.6 Å². The number of nitrogens with zero attached hydrogens (tertiary/aromatic N) is 2. The fourth-order valence-corrected chi connectivity index (χ4v) is 3.03. The van der Waals surface area contributed by atoms with Gasteiger partial charge in [0.15, 0.2) is 0 Å². The van der Waals surface area contributed by atoms with E-state index < -0.39 is 17.5 Å². The van der Waals surface area contributed by atoms with E-state index in [0.717, 1.165) is 12.1 Å². The number of benzene rings is 2. The molecule has 3 rings (SSSR count). The molecule has 0 aliphatic carbocycles. The molecule has 1 heterocycles. The average molecular weight is 362 g/mol. The second-order valence-electron chi connectivity index (χ2n) is 5.73. The maximum Gasteiger partial charge on any atom is 0.256 e. The predicted octanol–water partition coefficient (Wildman–Crippen LogP) is 2.85. The van der Waals surface area contributed by atoms with Crippen LogP contribution in [0.25, 0.3) is 0 Å². The van der Waals surface area contributed by atoms with Crippen molar-refractivity contribution in [2.45, 2.75) is 4.90 Å². The van der Waals surface area contributed by atoms with Crippen LogP contribution in [0.2, 0.25) is 0 Å². The van der Waals surface area contributed by atoms with E-state index in [1.807, 2.05) is 0 Å². The minimum absolute atomic E-state index is 0.148. The first-order valence-electron chi connectivity index (χ1n) is 7.79. The standard InChI is InChI=1S/C18H16F2N2O2S/c19-12-5-6-13(15(20)11-12)17(23)21-7-9-22(10-8-21)18(24)14-3-1-2-4-16(14)25/h1-6,11,25H,7-10H2. The Kier molecular flexibility index (Phi) is 5.03. The predicted molar refractivity (Wildman–Crippen MR) is 91.9 cm³/mol. The van der Waals surface area contributed by atoms with Gasteiger partial charge in [0.1, 0.15) is 11.6 Å². The summed E-state index contributed by atoms with van der Waals surface area (Å²) in [5.74, 6) is -2.26. The fraction of sp³-hybridized carbons (Fsp3) is 0.222. The van der Waals surface area contributed by atoms with Crippen molar-refractivity contribution < 1.29 is 18.4 Å². The number of hydrogen-bond donors (Lipinski definition) is 1. The molecule has 0 saturated carbocycles. The molecule has 0 atom stereocenters. The van der Waals surface area contributed by atoms with Crippen molar-refractivity contribution in [3.8, 4) is 0 Å². The third-order valence-electron chi connectivity index (χ3n) is 4.15. The van der Waals surface area contributed by atoms with Gasteiger partial charge in [0, 0.05) is 37.1 Å². The highest BCUT2D eigenvalue weighted by Crippen LogP contribution is 2.18. The molecule has 1 aliphatic rings. The Balaban J connectivity index is 1.66. The van der Waals surface area contributed by atoms with E-state index in [1.165, 1.54) is 4.90 Å². The van der Waals surface area contributed by atoms with E-state index in [-0.39, 0.29) is 24.6 Å². The van der Waals surface area contributed by atoms with E-state index in [2.05, 4.69) is 12.6 Å². The maximum atomic E-state index is 13.8. The Morgan fingerprint density at radius 3 is 1.96 bits per heavy atom. The van der Waals surface area contributed by atoms with Gasteiger partial charge in [-0.2, -0.15) is 0 Å². The third-order valence-corrected chi connectivity index (χ3v) is 4.54. The summed E-state index contributed by atoms with van der Waals surface area (Å²) in [6.45, 7) is 1.26. The van der Waals surface area contributed by atoms with E-state index >= 15 is 0 Å². The first kappa shape index (κ1) is 17.4. The van der Waals surface area contributed by atoms with Crippen LogP contribution in [-0.2, 0) is 0 Å². The van der Waals surface area contributed by atoms with Crippen LogP contribution in [0.1, 0.15) is 20.7 Å². The number of piperazine rings is 1. The lowest BCUT2D eigenvalue weighted by molar-refractivity contribution is 0.0531. The highest BCUT2D eigenvalue weighted by atomic mass is 32.1. The molecule has 0 bridgehead atoms. The summed E-state index contributed by atoms with van der Waals surface area (Å²) in [5.41, 5.74) is 0.345. The SMILES string of the molecule is O=C(c1ccc(F)cc1F)N1CCN(C(=O)c2ccccc2S)CC1. The monoisotopic (exact) mass is 362 g/mol. The van der Waals surface area contributed by atoms with E-state index in [4.69, 9.17) is 0 Å². The van der Waals surface area contributed by atoms with Gasteiger partial charge in [-0.3, -0.25) is 9.59 Å². The Labute approximate surface area is 149 Å². The highest BCUT2D eigenvalue weighted by Gasteiger charge is 2.27. The Bertz CT molecular complexity index is 820. The fourth-order valence-electron chi connectivity index (χ4n) is 2.77. The largest absolute Gasteiger partial charge is 0.335 e. The van der Waals surface area contributed by atoms with Crippen molar-refractivity contribution in [1.82, 2.24) is 9.80 Å². The first-order chi connectivity index (χ1) is 12.0. The lowest BCUT2D eigenvalue weighted by Gasteiger charge is -2.35. The molecule has 0 radical (unpaired) electrons. The molecule has 1 aliphatic heterocycles. The Morgan fingerprint density at radius 2 is 1.40 bits per heavy atom. The second kappa shape index (κ2) is 7.23. The van der Waals surface area contributed by atoms with Gasteiger partial charge < -0.3 is 9.80 Å². The quantitative estimate of drug-likeness (QED) is 0.835. The molecule has 0 N–H and O–H groups in total. The molecule has 2 amide bonds. The van der Waals surface area contributed by atoms with Gasteiger partial charge in [-0.25, -0.2) is 8.78 Å². The van der Waals surface area contributed by atoms with Crippen LogP contribution in [0.4, 0.5) is 8.78 Å². The summed E-state index contributed by atoms with van der Waals surface area (Å²) in [6, 6.07) is 9.90. The molecular weight excluding hydrogens is 346 g/mol. The van der Waals surface area contributed by atoms with Gasteiger partial charge in [0.2, 0.25) is 0 Å². The van der Waals surface area contributed by atoms with Crippen molar-refractivity contribution in [1.29, 1.82) is 0 Å². The van der Waals surface area contributed by atoms with Gasteiger partial charge in [-0.15, -0.1) is 12.6 Å². The number of carbonyl (C=O) groups excluding carboxylic acids is 2. The van der Waals surface area contributed by atoms with Crippen LogP contribution in [0.3, 0.4) is 0 Å². The lowest BCUT2D eigenvalue weighted by atomic mass is 10.1. The smallest absolute Gasteiger partial charge is 0.256 e. The molecular formula is C18H16F2N2O2S. The van der Waals surface area contributed by atoms with Gasteiger partial charge in [-0.1, -0.05) is 12.1 Å². The van der Waals surface area contributed by atoms with Crippen molar-refractivity contribution in [3.05, 3.63) is 65.2 Å². The molecule has 130 valence electrons. The summed E-state index contributed by atoms with van der Waals surface area (Å²) >= 11 is 4.29. The first-order valence-corrected chi connectivity index (χ1v) is 8.23. The zero-order chi connectivity index (χ0) is 18.0. The highest BCUT2D eigenvalue weighted by molar-refractivity contribution is 7.80. The summed E-state index contributed by atoms with van der Waals surface area (Å²) in [4.78, 5) is 28.6. The molecule has 4 nitrogen and oxygen atoms in total. The van der Waals surface area contributed by atoms with Crippen LogP contribution in [-0.4, -0.2) is 47.8 Å². The van der Waals surface area contributed by atoms with E-state index in [9.17, 15) is 18.4 Å². The minimum atomic E-state index is -0.882. The summed E-state index contributed by atoms with van der Waals surface area (Å²) in [6.07, 6.45) is 0. The summed E-state index contributed by atoms with van der Waals surface area (Å²) < 4.78 is 26.7. The van der Waals surface area contributed by atoms with Crippen LogP contribution >= 0.6 is 12.6 Å². The summed E-state index contributed by atoms with van der Waals surface area (Å²) in [7, 11) is 0. The minimum Gasteiger partial charge on any atom is -0.335 e. The normalized spacial score (nSPS) is 14.5. The molecule has 0 aromatic heterocycles. The van der Waals surface area contributed by atoms with Crippen LogP contribution in [0.5, 0.6) is 0 Å². The molecule has 25 heavy (non-hydrogen) atoms. The number of amides is 2. The van der Waals surface area contributed by atoms with Crippen molar-refractivity contribution >= 4 is 24.4 Å². The van der Waals surface area contributed by atoms with E-state index in [1.54, 1.807) is 29.2 Å². The zero-order valence-electron chi connectivity index (χ0n) is 13.3. The molecule has 1 saturated heterocycles. The molecule has 2 aromatic rings. The number of halogens is 2. The number of rotatable bonds is 2. The Hall–Kier alpha value is -2.41. The molecule has 2 aromatic carbocycles. The number of hydrogen-bond acceptors (Lipinski definition) is 3. The zero-order valence-corrected chi connectivity index (χ0v) is 14.2. The maximum absolute atomic E-state index is 13.8.